The van der Waals surface area contributed by atoms with Crippen molar-refractivity contribution in [3.05, 3.63) is 58.7 Å². The predicted octanol–water partition coefficient (Wildman–Crippen LogP) is 3.16. The summed E-state index contributed by atoms with van der Waals surface area (Å²) in [5, 5.41) is 3.10. The molecule has 0 heterocycles. The van der Waals surface area contributed by atoms with Crippen LogP contribution in [0.4, 0.5) is 0 Å². The fourth-order valence-corrected chi connectivity index (χ4v) is 4.96. The lowest BCUT2D eigenvalue weighted by Crippen LogP contribution is -2.42. The predicted molar refractivity (Wildman–Crippen MR) is 82.7 cm³/mol. The number of rotatable bonds is 2. The zero-order valence-electron chi connectivity index (χ0n) is 12.0. The first-order valence-electron chi connectivity index (χ1n) is 6.49. The third-order valence-corrected chi connectivity index (χ3v) is 6.72. The summed E-state index contributed by atoms with van der Waals surface area (Å²) in [6.45, 7) is 11.3. The van der Waals surface area contributed by atoms with Crippen LogP contribution in [0.25, 0.3) is 0 Å². The third-order valence-electron chi connectivity index (χ3n) is 4.02. The Morgan fingerprint density at radius 1 is 0.667 bits per heavy atom. The van der Waals surface area contributed by atoms with Crippen molar-refractivity contribution in [3.8, 4) is 0 Å². The molecule has 0 amide bonds. The monoisotopic (exact) mass is 253 g/mol. The highest BCUT2D eigenvalue weighted by molar-refractivity contribution is 6.84. The average molecular weight is 253 g/mol. The van der Waals surface area contributed by atoms with Gasteiger partial charge in [0.05, 0.1) is 0 Å². The molecule has 0 nitrogen and oxygen atoms in total. The van der Waals surface area contributed by atoms with Crippen LogP contribution < -0.4 is 10.4 Å². The maximum Gasteiger partial charge on any atom is 0.118 e. The zero-order chi connectivity index (χ0) is 13.3. The maximum atomic E-state index is 2.41. The molecule has 0 fully saturated rings. The minimum Gasteiger partial charge on any atom is -0.0628 e. The van der Waals surface area contributed by atoms with E-state index in [1.165, 1.54) is 22.3 Å². The Bertz CT molecular complexity index is 518. The van der Waals surface area contributed by atoms with E-state index in [1.54, 1.807) is 10.4 Å². The molecule has 0 atom stereocenters. The Morgan fingerprint density at radius 2 is 1.06 bits per heavy atom. The molecule has 2 aromatic carbocycles. The van der Waals surface area contributed by atoms with Gasteiger partial charge in [-0.1, -0.05) is 53.3 Å². The van der Waals surface area contributed by atoms with Gasteiger partial charge in [-0.05, 0) is 49.9 Å². The first kappa shape index (κ1) is 13.1. The van der Waals surface area contributed by atoms with Crippen LogP contribution in [0, 0.1) is 27.7 Å². The number of aryl methyl sites for hydroxylation is 2. The number of hydrogen-bond acceptors (Lipinski definition) is 0. The van der Waals surface area contributed by atoms with E-state index in [2.05, 4.69) is 70.6 Å². The van der Waals surface area contributed by atoms with Gasteiger partial charge in [-0.3, -0.25) is 0 Å². The molecule has 18 heavy (non-hydrogen) atoms. The van der Waals surface area contributed by atoms with Crippen molar-refractivity contribution in [2.24, 2.45) is 0 Å². The van der Waals surface area contributed by atoms with Crippen molar-refractivity contribution in [1.29, 1.82) is 0 Å². The first-order chi connectivity index (χ1) is 8.52. The highest BCUT2D eigenvalue weighted by Gasteiger charge is 2.16. The van der Waals surface area contributed by atoms with Gasteiger partial charge in [0, 0.05) is 0 Å². The molecule has 1 heteroatoms. The summed E-state index contributed by atoms with van der Waals surface area (Å²) in [6.07, 6.45) is 0. The summed E-state index contributed by atoms with van der Waals surface area (Å²) in [5.41, 5.74) is 5.74. The molecule has 0 N–H and O–H groups in total. The second-order valence-electron chi connectivity index (χ2n) is 5.12. The van der Waals surface area contributed by atoms with E-state index < -0.39 is 8.80 Å². The van der Waals surface area contributed by atoms with Gasteiger partial charge < -0.3 is 0 Å². The van der Waals surface area contributed by atoms with Crippen molar-refractivity contribution in [1.82, 2.24) is 0 Å². The van der Waals surface area contributed by atoms with Crippen LogP contribution in [0.3, 0.4) is 0 Å². The van der Waals surface area contributed by atoms with Crippen LogP contribution in [0.15, 0.2) is 36.4 Å². The molecule has 2 aromatic rings. The Hall–Kier alpha value is -1.34. The maximum absolute atomic E-state index is 2.41. The van der Waals surface area contributed by atoms with Crippen LogP contribution in [0.5, 0.6) is 0 Å². The highest BCUT2D eigenvalue weighted by Crippen LogP contribution is 2.08. The Kier molecular flexibility index (Phi) is 3.72. The molecule has 0 aromatic heterocycles. The summed E-state index contributed by atoms with van der Waals surface area (Å²) >= 11 is 0. The molecule has 0 unspecified atom stereocenters. The lowest BCUT2D eigenvalue weighted by Gasteiger charge is -2.18. The van der Waals surface area contributed by atoms with Gasteiger partial charge in [0.15, 0.2) is 0 Å². The van der Waals surface area contributed by atoms with Gasteiger partial charge in [-0.2, -0.15) is 0 Å². The molecule has 0 spiro atoms. The quantitative estimate of drug-likeness (QED) is 0.721. The van der Waals surface area contributed by atoms with Crippen molar-refractivity contribution in [2.45, 2.75) is 34.2 Å². The molecule has 0 saturated carbocycles. The summed E-state index contributed by atoms with van der Waals surface area (Å²) in [7, 11) is -0.649. The van der Waals surface area contributed by atoms with Crippen LogP contribution >= 0.6 is 0 Å². The molecule has 0 saturated heterocycles. The Morgan fingerprint density at radius 3 is 1.44 bits per heavy atom. The van der Waals surface area contributed by atoms with Gasteiger partial charge in [-0.25, -0.2) is 0 Å². The highest BCUT2D eigenvalue weighted by atomic mass is 28.3. The van der Waals surface area contributed by atoms with Crippen molar-refractivity contribution < 1.29 is 0 Å². The van der Waals surface area contributed by atoms with Gasteiger partial charge in [0.25, 0.3) is 0 Å². The molecular weight excluding hydrogens is 232 g/mol. The fraction of sp³-hybridized carbons (Fsp3) is 0.294. The molecule has 1 radical (unpaired) electrons. The van der Waals surface area contributed by atoms with Gasteiger partial charge in [0.2, 0.25) is 0 Å². The van der Waals surface area contributed by atoms with Gasteiger partial charge in [-0.15, -0.1) is 0 Å². The number of hydrogen-bond donors (Lipinski definition) is 0. The van der Waals surface area contributed by atoms with Gasteiger partial charge in [0.1, 0.15) is 8.80 Å². The minimum absolute atomic E-state index is 0.649. The van der Waals surface area contributed by atoms with E-state index >= 15 is 0 Å². The topological polar surface area (TPSA) is 0 Å². The molecule has 0 aliphatic carbocycles. The molecule has 2 rings (SSSR count). The lowest BCUT2D eigenvalue weighted by molar-refractivity contribution is 1.35. The van der Waals surface area contributed by atoms with Crippen LogP contribution in [-0.2, 0) is 0 Å². The van der Waals surface area contributed by atoms with Crippen molar-refractivity contribution in [2.75, 3.05) is 0 Å². The van der Waals surface area contributed by atoms with E-state index in [0.717, 1.165) is 0 Å². The lowest BCUT2D eigenvalue weighted by atomic mass is 10.1. The second kappa shape index (κ2) is 5.11. The molecule has 0 aliphatic rings. The summed E-state index contributed by atoms with van der Waals surface area (Å²) in [5.74, 6) is 0. The van der Waals surface area contributed by atoms with E-state index in [-0.39, 0.29) is 0 Å². The average Bonchev–Trinajstić information content (AvgIpc) is 2.35. The zero-order valence-corrected chi connectivity index (χ0v) is 13.0. The third kappa shape index (κ3) is 2.28. The molecular formula is C17H21Si. The van der Waals surface area contributed by atoms with Crippen molar-refractivity contribution in [3.63, 3.8) is 0 Å². The van der Waals surface area contributed by atoms with E-state index in [4.69, 9.17) is 0 Å². The summed E-state index contributed by atoms with van der Waals surface area (Å²) in [6, 6.07) is 13.4. The summed E-state index contributed by atoms with van der Waals surface area (Å²) in [4.78, 5) is 0. The van der Waals surface area contributed by atoms with Crippen molar-refractivity contribution >= 4 is 19.2 Å². The molecule has 0 aliphatic heterocycles. The summed E-state index contributed by atoms with van der Waals surface area (Å²) < 4.78 is 0. The fourth-order valence-electron chi connectivity index (χ4n) is 2.46. The largest absolute Gasteiger partial charge is 0.118 e. The van der Waals surface area contributed by atoms with E-state index in [0.29, 0.717) is 0 Å². The van der Waals surface area contributed by atoms with Gasteiger partial charge >= 0.3 is 0 Å². The minimum atomic E-state index is -0.649. The smallest absolute Gasteiger partial charge is 0.0628 e. The SMILES string of the molecule is Cc1cccc([Si](C)c2cccc(C)c2C)c1C. The number of benzene rings is 2. The van der Waals surface area contributed by atoms with Crippen LogP contribution in [-0.4, -0.2) is 8.80 Å². The van der Waals surface area contributed by atoms with E-state index in [9.17, 15) is 0 Å². The Labute approximate surface area is 112 Å². The second-order valence-corrected chi connectivity index (χ2v) is 7.45. The standard InChI is InChI=1S/C17H21Si/c1-12-8-6-10-16(14(12)3)18(5)17-11-7-9-13(2)15(17)4/h6-11H,1-5H3. The first-order valence-corrected chi connectivity index (χ1v) is 8.49. The Balaban J connectivity index is 2.51. The van der Waals surface area contributed by atoms with E-state index in [1.807, 2.05) is 0 Å². The van der Waals surface area contributed by atoms with Crippen LogP contribution in [0.1, 0.15) is 22.3 Å². The van der Waals surface area contributed by atoms with Crippen LogP contribution in [0.2, 0.25) is 6.55 Å². The normalized spacial score (nSPS) is 11.0. The molecule has 93 valence electrons. The molecule has 0 bridgehead atoms.